The Morgan fingerprint density at radius 2 is 1.81 bits per heavy atom. The topological polar surface area (TPSA) is 69.7 Å². The van der Waals surface area contributed by atoms with Gasteiger partial charge in [0, 0.05) is 32.2 Å². The van der Waals surface area contributed by atoms with Crippen LogP contribution in [-0.4, -0.2) is 61.8 Å². The number of nitrogens with one attached hydrogen (secondary N) is 1. The predicted molar refractivity (Wildman–Crippen MR) is 105 cm³/mol. The van der Waals surface area contributed by atoms with Gasteiger partial charge >= 0.3 is 0 Å². The van der Waals surface area contributed by atoms with Crippen LogP contribution in [0.5, 0.6) is 0 Å². The van der Waals surface area contributed by atoms with Crippen LogP contribution in [0.3, 0.4) is 0 Å². The molecular formula is C20H27N3O3S. The molecule has 0 aromatic heterocycles. The molecule has 2 fully saturated rings. The van der Waals surface area contributed by atoms with Gasteiger partial charge in [-0.3, -0.25) is 9.69 Å². The molecule has 1 aromatic rings. The summed E-state index contributed by atoms with van der Waals surface area (Å²) in [5.41, 5.74) is 2.21. The molecule has 4 rings (SSSR count). The van der Waals surface area contributed by atoms with Crippen LogP contribution in [-0.2, 0) is 21.2 Å². The molecule has 1 heterocycles. The van der Waals surface area contributed by atoms with Gasteiger partial charge in [0.2, 0.25) is 15.9 Å². The summed E-state index contributed by atoms with van der Waals surface area (Å²) in [6.45, 7) is 3.94. The summed E-state index contributed by atoms with van der Waals surface area (Å²) in [6, 6.07) is 8.10. The predicted octanol–water partition coefficient (Wildman–Crippen LogP) is 1.59. The number of amides is 1. The Kier molecular flexibility index (Phi) is 5.09. The number of fused-ring (bicyclic) bond motifs is 1. The summed E-state index contributed by atoms with van der Waals surface area (Å²) in [5, 5.41) is 3.03. The van der Waals surface area contributed by atoms with E-state index in [9.17, 15) is 13.2 Å². The molecule has 1 aliphatic heterocycles. The van der Waals surface area contributed by atoms with Crippen LogP contribution in [0.2, 0.25) is 0 Å². The van der Waals surface area contributed by atoms with E-state index in [0.717, 1.165) is 24.8 Å². The number of sulfonamides is 1. The van der Waals surface area contributed by atoms with Crippen LogP contribution in [0.1, 0.15) is 37.3 Å². The standard InChI is InChI=1S/C20H27N3O3S/c1-15(20(24)21-18-7-8-18)22-10-12-23(13-11-22)27(25,26)19-9-6-16-4-2-3-5-17(16)14-19/h2-5,14-15,18H,6-13H2,1H3,(H,21,24). The number of benzene rings is 1. The monoisotopic (exact) mass is 389 g/mol. The molecule has 1 saturated carbocycles. The Bertz CT molecular complexity index is 853. The molecule has 1 atom stereocenters. The highest BCUT2D eigenvalue weighted by molar-refractivity contribution is 7.93. The van der Waals surface area contributed by atoms with Crippen LogP contribution in [0, 0.1) is 0 Å². The largest absolute Gasteiger partial charge is 0.352 e. The van der Waals surface area contributed by atoms with Crippen molar-refractivity contribution in [1.29, 1.82) is 0 Å². The lowest BCUT2D eigenvalue weighted by molar-refractivity contribution is -0.126. The maximum absolute atomic E-state index is 13.1. The molecule has 0 spiro atoms. The second kappa shape index (κ2) is 7.37. The maximum atomic E-state index is 13.1. The third-order valence-corrected chi connectivity index (χ3v) is 7.84. The van der Waals surface area contributed by atoms with Gasteiger partial charge in [0.25, 0.3) is 0 Å². The molecule has 1 unspecified atom stereocenters. The van der Waals surface area contributed by atoms with Gasteiger partial charge in [-0.25, -0.2) is 8.42 Å². The first-order valence-corrected chi connectivity index (χ1v) is 11.2. The lowest BCUT2D eigenvalue weighted by atomic mass is 9.98. The first-order chi connectivity index (χ1) is 12.9. The van der Waals surface area contributed by atoms with E-state index >= 15 is 0 Å². The van der Waals surface area contributed by atoms with Crippen molar-refractivity contribution in [3.8, 4) is 0 Å². The van der Waals surface area contributed by atoms with Crippen molar-refractivity contribution in [1.82, 2.24) is 14.5 Å². The number of allylic oxidation sites excluding steroid dienone is 1. The summed E-state index contributed by atoms with van der Waals surface area (Å²) in [7, 11) is -3.44. The molecule has 27 heavy (non-hydrogen) atoms. The van der Waals surface area contributed by atoms with Crippen LogP contribution in [0.15, 0.2) is 29.2 Å². The van der Waals surface area contributed by atoms with Gasteiger partial charge in [-0.05, 0) is 49.8 Å². The minimum Gasteiger partial charge on any atom is -0.352 e. The molecule has 1 amide bonds. The molecule has 2 aliphatic carbocycles. The van der Waals surface area contributed by atoms with Gasteiger partial charge in [-0.15, -0.1) is 0 Å². The number of hydrogen-bond donors (Lipinski definition) is 1. The van der Waals surface area contributed by atoms with Gasteiger partial charge in [0.1, 0.15) is 0 Å². The Balaban J connectivity index is 1.40. The lowest BCUT2D eigenvalue weighted by Gasteiger charge is -2.37. The van der Waals surface area contributed by atoms with E-state index < -0.39 is 10.0 Å². The summed E-state index contributed by atoms with van der Waals surface area (Å²) in [4.78, 5) is 14.8. The van der Waals surface area contributed by atoms with Crippen molar-refractivity contribution in [3.05, 3.63) is 40.3 Å². The molecule has 0 bridgehead atoms. The van der Waals surface area contributed by atoms with Crippen molar-refractivity contribution in [3.63, 3.8) is 0 Å². The van der Waals surface area contributed by atoms with Gasteiger partial charge in [-0.2, -0.15) is 4.31 Å². The number of carbonyl (C=O) groups excluding carboxylic acids is 1. The summed E-state index contributed by atoms with van der Waals surface area (Å²) in [6.07, 6.45) is 5.29. The molecule has 6 nitrogen and oxygen atoms in total. The average Bonchev–Trinajstić information content (AvgIpc) is 3.51. The SMILES string of the molecule is CC(C(=O)NC1CC1)N1CCN(S(=O)(=O)C2=Cc3ccccc3CC2)CC1. The third-order valence-electron chi connectivity index (χ3n) is 5.81. The molecule has 0 radical (unpaired) electrons. The Morgan fingerprint density at radius 3 is 2.52 bits per heavy atom. The second-order valence-electron chi connectivity index (χ2n) is 7.71. The Labute approximate surface area is 161 Å². The van der Waals surface area contributed by atoms with E-state index in [0.29, 0.717) is 43.5 Å². The molecule has 146 valence electrons. The minimum atomic E-state index is -3.44. The number of rotatable bonds is 5. The van der Waals surface area contributed by atoms with E-state index in [-0.39, 0.29) is 11.9 Å². The van der Waals surface area contributed by atoms with Crippen LogP contribution >= 0.6 is 0 Å². The number of nitrogens with zero attached hydrogens (tertiary/aromatic N) is 2. The second-order valence-corrected chi connectivity index (χ2v) is 9.70. The zero-order valence-electron chi connectivity index (χ0n) is 15.7. The Hall–Kier alpha value is -1.70. The van der Waals surface area contributed by atoms with Crippen LogP contribution in [0.25, 0.3) is 6.08 Å². The zero-order valence-corrected chi connectivity index (χ0v) is 16.5. The fourth-order valence-corrected chi connectivity index (χ4v) is 5.43. The van der Waals surface area contributed by atoms with Crippen molar-refractivity contribution in [2.75, 3.05) is 26.2 Å². The molecule has 1 aromatic carbocycles. The lowest BCUT2D eigenvalue weighted by Crippen LogP contribution is -2.55. The van der Waals surface area contributed by atoms with Gasteiger partial charge in [0.15, 0.2) is 0 Å². The van der Waals surface area contributed by atoms with Crippen molar-refractivity contribution < 1.29 is 13.2 Å². The molecular weight excluding hydrogens is 362 g/mol. The Morgan fingerprint density at radius 1 is 1.11 bits per heavy atom. The summed E-state index contributed by atoms with van der Waals surface area (Å²) >= 11 is 0. The van der Waals surface area contributed by atoms with E-state index in [1.165, 1.54) is 5.56 Å². The van der Waals surface area contributed by atoms with Gasteiger partial charge in [0.05, 0.1) is 10.9 Å². The maximum Gasteiger partial charge on any atom is 0.239 e. The molecule has 3 aliphatic rings. The molecule has 7 heteroatoms. The number of aryl methyl sites for hydroxylation is 1. The summed E-state index contributed by atoms with van der Waals surface area (Å²) in [5.74, 6) is 0.0559. The summed E-state index contributed by atoms with van der Waals surface area (Å²) < 4.78 is 27.7. The fraction of sp³-hybridized carbons (Fsp3) is 0.550. The number of hydrogen-bond acceptors (Lipinski definition) is 4. The van der Waals surface area contributed by atoms with Crippen molar-refractivity contribution in [2.24, 2.45) is 0 Å². The third kappa shape index (κ3) is 3.95. The van der Waals surface area contributed by atoms with Crippen molar-refractivity contribution in [2.45, 2.75) is 44.7 Å². The first kappa shape index (κ1) is 18.7. The smallest absolute Gasteiger partial charge is 0.239 e. The van der Waals surface area contributed by atoms with E-state index in [1.54, 1.807) is 4.31 Å². The molecule has 1 saturated heterocycles. The van der Waals surface area contributed by atoms with Crippen LogP contribution in [0.4, 0.5) is 0 Å². The first-order valence-electron chi connectivity index (χ1n) is 9.78. The van der Waals surface area contributed by atoms with Gasteiger partial charge in [-0.1, -0.05) is 24.3 Å². The van der Waals surface area contributed by atoms with Gasteiger partial charge < -0.3 is 5.32 Å². The fourth-order valence-electron chi connectivity index (χ4n) is 3.82. The zero-order chi connectivity index (χ0) is 19.0. The molecule has 1 N–H and O–H groups in total. The quantitative estimate of drug-likeness (QED) is 0.830. The number of piperazine rings is 1. The van der Waals surface area contributed by atoms with Crippen molar-refractivity contribution >= 4 is 22.0 Å². The van der Waals surface area contributed by atoms with E-state index in [1.807, 2.05) is 31.2 Å². The number of carbonyl (C=O) groups is 1. The highest BCUT2D eigenvalue weighted by Gasteiger charge is 2.34. The highest BCUT2D eigenvalue weighted by atomic mass is 32.2. The highest BCUT2D eigenvalue weighted by Crippen LogP contribution is 2.29. The average molecular weight is 390 g/mol. The van der Waals surface area contributed by atoms with E-state index in [2.05, 4.69) is 16.3 Å². The minimum absolute atomic E-state index is 0.0559. The normalized spacial score (nSPS) is 22.6. The van der Waals surface area contributed by atoms with Crippen LogP contribution < -0.4 is 5.32 Å². The van der Waals surface area contributed by atoms with E-state index in [4.69, 9.17) is 0 Å².